The third kappa shape index (κ3) is 3.32. The van der Waals surface area contributed by atoms with E-state index >= 15 is 0 Å². The van der Waals surface area contributed by atoms with Crippen molar-refractivity contribution >= 4 is 29.1 Å². The zero-order valence-electron chi connectivity index (χ0n) is 12.3. The van der Waals surface area contributed by atoms with Gasteiger partial charge in [-0.3, -0.25) is 19.3 Å². The molecule has 0 atom stereocenters. The summed E-state index contributed by atoms with van der Waals surface area (Å²) in [5, 5.41) is 14.4. The summed E-state index contributed by atoms with van der Waals surface area (Å²) < 4.78 is 0. The molecule has 0 aromatic heterocycles. The van der Waals surface area contributed by atoms with Crippen LogP contribution in [0.1, 0.15) is 12.5 Å². The molecule has 3 amide bonds. The fourth-order valence-electron chi connectivity index (χ4n) is 2.12. The summed E-state index contributed by atoms with van der Waals surface area (Å²) in [6.07, 6.45) is 1.18. The molecular weight excluding hydrogens is 286 g/mol. The van der Waals surface area contributed by atoms with Crippen LogP contribution >= 0.6 is 0 Å². The van der Waals surface area contributed by atoms with Gasteiger partial charge in [-0.2, -0.15) is 0 Å². The van der Waals surface area contributed by atoms with Gasteiger partial charge in [-0.1, -0.05) is 6.07 Å². The van der Waals surface area contributed by atoms with Crippen LogP contribution in [0.2, 0.25) is 0 Å². The van der Waals surface area contributed by atoms with Crippen LogP contribution in [0, 0.1) is 6.92 Å². The lowest BCUT2D eigenvalue weighted by Gasteiger charge is -2.15. The fraction of sp³-hybridized carbons (Fsp3) is 0.267. The molecule has 1 aliphatic rings. The Morgan fingerprint density at radius 1 is 1.27 bits per heavy atom. The summed E-state index contributed by atoms with van der Waals surface area (Å²) >= 11 is 0. The Hall–Kier alpha value is -2.67. The standard InChI is InChI=1S/C15H17N3O4/c1-9-3-4-11(12(7-9)16-10(2)20)17-13-8-14(21)18(5-6-19)15(13)22/h3-4,7-8,17,19H,5-6H2,1-2H3,(H,16,20). The number of benzene rings is 1. The SMILES string of the molecule is CC(=O)Nc1cc(C)ccc1NC1=CC(=O)N(CCO)C1=O. The van der Waals surface area contributed by atoms with Gasteiger partial charge in [-0.15, -0.1) is 0 Å². The van der Waals surface area contributed by atoms with Gasteiger partial charge < -0.3 is 15.7 Å². The average Bonchev–Trinajstić information content (AvgIpc) is 2.69. The van der Waals surface area contributed by atoms with Crippen LogP contribution < -0.4 is 10.6 Å². The molecule has 0 spiro atoms. The highest BCUT2D eigenvalue weighted by molar-refractivity contribution is 6.17. The molecule has 0 radical (unpaired) electrons. The molecule has 7 nitrogen and oxygen atoms in total. The highest BCUT2D eigenvalue weighted by Gasteiger charge is 2.30. The number of hydrogen-bond donors (Lipinski definition) is 3. The van der Waals surface area contributed by atoms with E-state index in [1.54, 1.807) is 12.1 Å². The van der Waals surface area contributed by atoms with Crippen molar-refractivity contribution in [3.05, 3.63) is 35.5 Å². The molecular formula is C15H17N3O4. The maximum atomic E-state index is 12.1. The largest absolute Gasteiger partial charge is 0.395 e. The topological polar surface area (TPSA) is 98.7 Å². The molecule has 0 saturated heterocycles. The monoisotopic (exact) mass is 303 g/mol. The van der Waals surface area contributed by atoms with Crippen LogP contribution in [0.5, 0.6) is 0 Å². The number of aryl methyl sites for hydroxylation is 1. The van der Waals surface area contributed by atoms with Crippen molar-refractivity contribution < 1.29 is 19.5 Å². The maximum Gasteiger partial charge on any atom is 0.277 e. The Balaban J connectivity index is 2.24. The van der Waals surface area contributed by atoms with E-state index in [9.17, 15) is 14.4 Å². The highest BCUT2D eigenvalue weighted by Crippen LogP contribution is 2.26. The third-order valence-corrected chi connectivity index (χ3v) is 3.09. The number of β-amino-alcohol motifs (C(OH)–C–C–N with tert-alkyl or cyclic N) is 1. The predicted octanol–water partition coefficient (Wildman–Crippen LogP) is 0.610. The fourth-order valence-corrected chi connectivity index (χ4v) is 2.12. The van der Waals surface area contributed by atoms with Crippen LogP contribution in [0.3, 0.4) is 0 Å². The zero-order chi connectivity index (χ0) is 16.3. The number of aliphatic hydroxyl groups excluding tert-OH is 1. The Morgan fingerprint density at radius 3 is 2.64 bits per heavy atom. The first-order valence-electron chi connectivity index (χ1n) is 6.76. The van der Waals surface area contributed by atoms with Gasteiger partial charge in [0.2, 0.25) is 5.91 Å². The van der Waals surface area contributed by atoms with Crippen molar-refractivity contribution in [1.82, 2.24) is 4.90 Å². The van der Waals surface area contributed by atoms with E-state index in [1.807, 2.05) is 13.0 Å². The lowest BCUT2D eigenvalue weighted by Crippen LogP contribution is -2.34. The maximum absolute atomic E-state index is 12.1. The molecule has 22 heavy (non-hydrogen) atoms. The van der Waals surface area contributed by atoms with Crippen molar-refractivity contribution in [2.24, 2.45) is 0 Å². The number of carbonyl (C=O) groups is 3. The molecule has 1 aromatic rings. The Bertz CT molecular complexity index is 667. The van der Waals surface area contributed by atoms with Crippen LogP contribution in [-0.4, -0.2) is 40.9 Å². The Labute approximate surface area is 127 Å². The number of nitrogens with zero attached hydrogens (tertiary/aromatic N) is 1. The molecule has 3 N–H and O–H groups in total. The van der Waals surface area contributed by atoms with Gasteiger partial charge in [0.15, 0.2) is 0 Å². The van der Waals surface area contributed by atoms with Crippen molar-refractivity contribution in [3.63, 3.8) is 0 Å². The van der Waals surface area contributed by atoms with Crippen LogP contribution in [0.4, 0.5) is 11.4 Å². The van der Waals surface area contributed by atoms with Crippen LogP contribution in [-0.2, 0) is 14.4 Å². The quantitative estimate of drug-likeness (QED) is 0.692. The predicted molar refractivity (Wildman–Crippen MR) is 81.0 cm³/mol. The lowest BCUT2D eigenvalue weighted by atomic mass is 10.2. The first-order chi connectivity index (χ1) is 10.4. The molecule has 0 fully saturated rings. The summed E-state index contributed by atoms with van der Waals surface area (Å²) in [4.78, 5) is 36.0. The summed E-state index contributed by atoms with van der Waals surface area (Å²) in [6, 6.07) is 5.30. The third-order valence-electron chi connectivity index (χ3n) is 3.09. The van der Waals surface area contributed by atoms with Crippen molar-refractivity contribution in [2.75, 3.05) is 23.8 Å². The van der Waals surface area contributed by atoms with E-state index in [2.05, 4.69) is 10.6 Å². The number of hydrogen-bond acceptors (Lipinski definition) is 5. The first kappa shape index (κ1) is 15.7. The number of anilines is 2. The molecule has 7 heteroatoms. The van der Waals surface area contributed by atoms with Gasteiger partial charge in [0.25, 0.3) is 11.8 Å². The second-order valence-corrected chi connectivity index (χ2v) is 4.93. The molecule has 0 aliphatic carbocycles. The minimum absolute atomic E-state index is 0.0498. The number of amides is 3. The molecule has 1 heterocycles. The van der Waals surface area contributed by atoms with Gasteiger partial charge in [0.05, 0.1) is 24.5 Å². The first-order valence-corrected chi connectivity index (χ1v) is 6.76. The molecule has 0 saturated carbocycles. The Kier molecular flexibility index (Phi) is 4.57. The van der Waals surface area contributed by atoms with E-state index < -0.39 is 11.8 Å². The van der Waals surface area contributed by atoms with Gasteiger partial charge in [-0.05, 0) is 24.6 Å². The minimum atomic E-state index is -0.506. The molecule has 116 valence electrons. The minimum Gasteiger partial charge on any atom is -0.395 e. The number of nitrogens with one attached hydrogen (secondary N) is 2. The van der Waals surface area contributed by atoms with Gasteiger partial charge >= 0.3 is 0 Å². The van der Waals surface area contributed by atoms with E-state index in [0.29, 0.717) is 11.4 Å². The lowest BCUT2D eigenvalue weighted by molar-refractivity contribution is -0.137. The molecule has 1 aliphatic heterocycles. The number of carbonyl (C=O) groups excluding carboxylic acids is 3. The van der Waals surface area contributed by atoms with E-state index in [4.69, 9.17) is 5.11 Å². The second kappa shape index (κ2) is 6.40. The number of imide groups is 1. The summed E-state index contributed by atoms with van der Waals surface area (Å²) in [7, 11) is 0. The molecule has 0 bridgehead atoms. The van der Waals surface area contributed by atoms with E-state index in [0.717, 1.165) is 10.5 Å². The van der Waals surface area contributed by atoms with Crippen LogP contribution in [0.15, 0.2) is 30.0 Å². The smallest absolute Gasteiger partial charge is 0.277 e. The van der Waals surface area contributed by atoms with Crippen molar-refractivity contribution in [1.29, 1.82) is 0 Å². The van der Waals surface area contributed by atoms with Crippen molar-refractivity contribution in [3.8, 4) is 0 Å². The zero-order valence-corrected chi connectivity index (χ0v) is 12.3. The number of aliphatic hydroxyl groups is 1. The molecule has 0 unspecified atom stereocenters. The van der Waals surface area contributed by atoms with Crippen molar-refractivity contribution in [2.45, 2.75) is 13.8 Å². The van der Waals surface area contributed by atoms with E-state index in [1.165, 1.54) is 13.0 Å². The summed E-state index contributed by atoms with van der Waals surface area (Å²) in [5.41, 5.74) is 2.08. The highest BCUT2D eigenvalue weighted by atomic mass is 16.3. The molecule has 2 rings (SSSR count). The Morgan fingerprint density at radius 2 is 2.00 bits per heavy atom. The normalized spacial score (nSPS) is 14.1. The molecule has 1 aromatic carbocycles. The van der Waals surface area contributed by atoms with E-state index in [-0.39, 0.29) is 24.8 Å². The number of rotatable bonds is 5. The summed E-state index contributed by atoms with van der Waals surface area (Å²) in [6.45, 7) is 2.92. The van der Waals surface area contributed by atoms with Gasteiger partial charge in [0, 0.05) is 13.0 Å². The second-order valence-electron chi connectivity index (χ2n) is 4.93. The van der Waals surface area contributed by atoms with Crippen LogP contribution in [0.25, 0.3) is 0 Å². The average molecular weight is 303 g/mol. The summed E-state index contributed by atoms with van der Waals surface area (Å²) in [5.74, 6) is -1.22. The van der Waals surface area contributed by atoms with Gasteiger partial charge in [0.1, 0.15) is 5.70 Å². The van der Waals surface area contributed by atoms with Gasteiger partial charge in [-0.25, -0.2) is 0 Å².